The minimum atomic E-state index is 0. The van der Waals surface area contributed by atoms with Crippen LogP contribution in [0.2, 0.25) is 0 Å². The molecule has 1 N–H and O–H groups in total. The van der Waals surface area contributed by atoms with Gasteiger partial charge in [-0.2, -0.15) is 0 Å². The largest absolute Gasteiger partial charge is 1.00 e. The van der Waals surface area contributed by atoms with E-state index in [4.69, 9.17) is 4.74 Å². The van der Waals surface area contributed by atoms with Gasteiger partial charge in [-0.1, -0.05) is 36.4 Å². The lowest BCUT2D eigenvalue weighted by molar-refractivity contribution is -0.00000418. The van der Waals surface area contributed by atoms with Crippen molar-refractivity contribution < 1.29 is 17.1 Å². The Morgan fingerprint density at radius 2 is 2.00 bits per heavy atom. The SMILES string of the molecule is C=CCNCc1c(OCC)ccc2ccccc12.[Cl-]. The molecule has 0 radical (unpaired) electrons. The summed E-state index contributed by atoms with van der Waals surface area (Å²) in [5.41, 5.74) is 1.22. The van der Waals surface area contributed by atoms with Gasteiger partial charge in [-0.15, -0.1) is 6.58 Å². The zero-order chi connectivity index (χ0) is 12.8. The Morgan fingerprint density at radius 3 is 2.74 bits per heavy atom. The molecule has 0 amide bonds. The number of benzene rings is 2. The molecule has 0 aliphatic carbocycles. The predicted octanol–water partition coefficient (Wildman–Crippen LogP) is 0.518. The van der Waals surface area contributed by atoms with Crippen LogP contribution in [0.4, 0.5) is 0 Å². The molecule has 0 atom stereocenters. The van der Waals surface area contributed by atoms with Gasteiger partial charge in [0.1, 0.15) is 5.75 Å². The maximum atomic E-state index is 5.71. The summed E-state index contributed by atoms with van der Waals surface area (Å²) >= 11 is 0. The number of hydrogen-bond donors (Lipinski definition) is 1. The van der Waals surface area contributed by atoms with Crippen molar-refractivity contribution in [2.45, 2.75) is 13.5 Å². The Labute approximate surface area is 120 Å². The van der Waals surface area contributed by atoms with Crippen molar-refractivity contribution in [2.24, 2.45) is 0 Å². The molecule has 0 unspecified atom stereocenters. The topological polar surface area (TPSA) is 21.3 Å². The molecule has 0 bridgehead atoms. The minimum absolute atomic E-state index is 0. The lowest BCUT2D eigenvalue weighted by Gasteiger charge is -2.13. The van der Waals surface area contributed by atoms with Crippen LogP contribution in [0.3, 0.4) is 0 Å². The molecule has 19 heavy (non-hydrogen) atoms. The molecule has 0 fully saturated rings. The fraction of sp³-hybridized carbons (Fsp3) is 0.250. The van der Waals surface area contributed by atoms with Gasteiger partial charge in [0.15, 0.2) is 0 Å². The molecule has 2 rings (SSSR count). The van der Waals surface area contributed by atoms with Crippen LogP contribution >= 0.6 is 0 Å². The highest BCUT2D eigenvalue weighted by Crippen LogP contribution is 2.28. The van der Waals surface area contributed by atoms with Crippen molar-refractivity contribution in [3.8, 4) is 5.75 Å². The first-order valence-corrected chi connectivity index (χ1v) is 6.32. The first-order valence-electron chi connectivity index (χ1n) is 6.32. The standard InChI is InChI=1S/C16H19NO.ClH/c1-3-11-17-12-15-14-8-6-5-7-13(14)9-10-16(15)18-4-2;/h3,5-10,17H,1,4,11-12H2,2H3;1H/p-1. The Bertz CT molecular complexity index is 539. The molecule has 0 spiro atoms. The van der Waals surface area contributed by atoms with E-state index in [-0.39, 0.29) is 12.4 Å². The van der Waals surface area contributed by atoms with Crippen LogP contribution in [-0.2, 0) is 6.54 Å². The molecule has 3 heteroatoms. The van der Waals surface area contributed by atoms with Crippen molar-refractivity contribution in [3.05, 3.63) is 54.6 Å². The molecule has 0 aromatic heterocycles. The maximum absolute atomic E-state index is 5.71. The summed E-state index contributed by atoms with van der Waals surface area (Å²) in [6.45, 7) is 8.01. The van der Waals surface area contributed by atoms with Gasteiger partial charge >= 0.3 is 0 Å². The number of ether oxygens (including phenoxy) is 1. The molecule has 0 aliphatic rings. The number of halogens is 1. The average Bonchev–Trinajstić information content (AvgIpc) is 2.41. The van der Waals surface area contributed by atoms with E-state index >= 15 is 0 Å². The molecule has 102 valence electrons. The molecule has 0 saturated carbocycles. The van der Waals surface area contributed by atoms with E-state index in [2.05, 4.69) is 48.3 Å². The third kappa shape index (κ3) is 3.72. The molecule has 0 saturated heterocycles. The van der Waals surface area contributed by atoms with Crippen LogP contribution in [0.5, 0.6) is 5.75 Å². The first kappa shape index (κ1) is 15.5. The number of nitrogens with one attached hydrogen (secondary N) is 1. The van der Waals surface area contributed by atoms with Crippen LogP contribution in [0.1, 0.15) is 12.5 Å². The molecule has 2 aromatic rings. The Kier molecular flexibility index (Phi) is 6.40. The average molecular weight is 277 g/mol. The summed E-state index contributed by atoms with van der Waals surface area (Å²) < 4.78 is 5.71. The van der Waals surface area contributed by atoms with E-state index in [1.807, 2.05) is 13.0 Å². The van der Waals surface area contributed by atoms with Gasteiger partial charge in [-0.25, -0.2) is 0 Å². The monoisotopic (exact) mass is 276 g/mol. The third-order valence-electron chi connectivity index (χ3n) is 2.89. The maximum Gasteiger partial charge on any atom is 0.124 e. The number of fused-ring (bicyclic) bond motifs is 1. The van der Waals surface area contributed by atoms with Crippen molar-refractivity contribution in [1.82, 2.24) is 5.32 Å². The summed E-state index contributed by atoms with van der Waals surface area (Å²) in [7, 11) is 0. The Balaban J connectivity index is 0.00000180. The summed E-state index contributed by atoms with van der Waals surface area (Å²) in [4.78, 5) is 0. The van der Waals surface area contributed by atoms with E-state index in [9.17, 15) is 0 Å². The van der Waals surface area contributed by atoms with Gasteiger partial charge in [0.2, 0.25) is 0 Å². The van der Waals surface area contributed by atoms with Gasteiger partial charge in [0, 0.05) is 18.7 Å². The van der Waals surface area contributed by atoms with Crippen LogP contribution in [0.25, 0.3) is 10.8 Å². The highest BCUT2D eigenvalue weighted by atomic mass is 35.5. The lowest BCUT2D eigenvalue weighted by atomic mass is 10.0. The summed E-state index contributed by atoms with van der Waals surface area (Å²) in [5.74, 6) is 0.966. The van der Waals surface area contributed by atoms with E-state index < -0.39 is 0 Å². The Hall–Kier alpha value is -1.51. The molecule has 0 heterocycles. The highest BCUT2D eigenvalue weighted by Gasteiger charge is 2.07. The second kappa shape index (κ2) is 7.82. The molecular formula is C16H19ClNO-. The number of rotatable bonds is 6. The second-order valence-electron chi connectivity index (χ2n) is 4.12. The zero-order valence-electron chi connectivity index (χ0n) is 11.2. The third-order valence-corrected chi connectivity index (χ3v) is 2.89. The van der Waals surface area contributed by atoms with Gasteiger partial charge in [-0.3, -0.25) is 0 Å². The van der Waals surface area contributed by atoms with Crippen LogP contribution in [0.15, 0.2) is 49.1 Å². The van der Waals surface area contributed by atoms with Crippen molar-refractivity contribution in [3.63, 3.8) is 0 Å². The van der Waals surface area contributed by atoms with Gasteiger partial charge in [0.05, 0.1) is 6.61 Å². The molecule has 2 aromatic carbocycles. The van der Waals surface area contributed by atoms with Gasteiger partial charge in [-0.05, 0) is 23.8 Å². The number of hydrogen-bond acceptors (Lipinski definition) is 2. The van der Waals surface area contributed by atoms with E-state index in [1.54, 1.807) is 0 Å². The van der Waals surface area contributed by atoms with Crippen molar-refractivity contribution in [2.75, 3.05) is 13.2 Å². The van der Waals surface area contributed by atoms with Crippen LogP contribution in [0, 0.1) is 0 Å². The van der Waals surface area contributed by atoms with Crippen molar-refractivity contribution >= 4 is 10.8 Å². The smallest absolute Gasteiger partial charge is 0.124 e. The zero-order valence-corrected chi connectivity index (χ0v) is 11.9. The molecule has 2 nitrogen and oxygen atoms in total. The highest BCUT2D eigenvalue weighted by molar-refractivity contribution is 5.87. The lowest BCUT2D eigenvalue weighted by Crippen LogP contribution is -3.00. The summed E-state index contributed by atoms with van der Waals surface area (Å²) in [5, 5.41) is 5.84. The van der Waals surface area contributed by atoms with Gasteiger partial charge < -0.3 is 22.5 Å². The molecule has 0 aliphatic heterocycles. The quantitative estimate of drug-likeness (QED) is 0.614. The van der Waals surface area contributed by atoms with Crippen LogP contribution in [-0.4, -0.2) is 13.2 Å². The fourth-order valence-electron chi connectivity index (χ4n) is 2.09. The van der Waals surface area contributed by atoms with Crippen LogP contribution < -0.4 is 22.5 Å². The normalized spacial score (nSPS) is 9.95. The second-order valence-corrected chi connectivity index (χ2v) is 4.12. The fourth-order valence-corrected chi connectivity index (χ4v) is 2.09. The van der Waals surface area contributed by atoms with E-state index in [0.717, 1.165) is 18.8 Å². The van der Waals surface area contributed by atoms with E-state index in [0.29, 0.717) is 6.61 Å². The first-order chi connectivity index (χ1) is 8.86. The predicted molar refractivity (Wildman–Crippen MR) is 77.0 cm³/mol. The van der Waals surface area contributed by atoms with Gasteiger partial charge in [0.25, 0.3) is 0 Å². The summed E-state index contributed by atoms with van der Waals surface area (Å²) in [6, 6.07) is 12.6. The van der Waals surface area contributed by atoms with Crippen molar-refractivity contribution in [1.29, 1.82) is 0 Å². The summed E-state index contributed by atoms with van der Waals surface area (Å²) in [6.07, 6.45) is 1.87. The molecular weight excluding hydrogens is 258 g/mol. The minimum Gasteiger partial charge on any atom is -1.00 e. The van der Waals surface area contributed by atoms with E-state index in [1.165, 1.54) is 16.3 Å². The Morgan fingerprint density at radius 1 is 1.21 bits per heavy atom.